The molecule has 0 unspecified atom stereocenters. The largest absolute Gasteiger partial charge is 0.393 e. The Bertz CT molecular complexity index is 124. The zero-order valence-electron chi connectivity index (χ0n) is 7.00. The number of nitrogens with one attached hydrogen (secondary N) is 1. The van der Waals surface area contributed by atoms with Crippen molar-refractivity contribution in [3.05, 3.63) is 0 Å². The molecule has 4 N–H and O–H groups in total. The van der Waals surface area contributed by atoms with Gasteiger partial charge in [-0.05, 0) is 20.3 Å². The van der Waals surface area contributed by atoms with Gasteiger partial charge in [-0.3, -0.25) is 4.79 Å². The Morgan fingerprint density at radius 3 is 2.55 bits per heavy atom. The first-order valence-corrected chi connectivity index (χ1v) is 3.75. The van der Waals surface area contributed by atoms with Crippen LogP contribution < -0.4 is 11.1 Å². The highest BCUT2D eigenvalue weighted by atomic mass is 16.3. The summed E-state index contributed by atoms with van der Waals surface area (Å²) in [6.45, 7) is 3.79. The molecule has 0 rings (SSSR count). The Balaban J connectivity index is 3.32. The molecule has 0 heterocycles. The van der Waals surface area contributed by atoms with Crippen LogP contribution >= 0.6 is 0 Å². The second-order valence-electron chi connectivity index (χ2n) is 2.72. The molecular formula is C7H16N2O2. The average molecular weight is 160 g/mol. The number of nitrogens with two attached hydrogens (primary N) is 1. The third-order valence-corrected chi connectivity index (χ3v) is 1.27. The number of aliphatic hydroxyl groups is 1. The molecule has 66 valence electrons. The van der Waals surface area contributed by atoms with Gasteiger partial charge >= 0.3 is 0 Å². The second-order valence-corrected chi connectivity index (χ2v) is 2.72. The molecule has 0 aliphatic heterocycles. The average Bonchev–Trinajstić information content (AvgIpc) is 1.86. The van der Waals surface area contributed by atoms with Gasteiger partial charge in [0.1, 0.15) is 0 Å². The van der Waals surface area contributed by atoms with E-state index in [2.05, 4.69) is 5.32 Å². The second kappa shape index (κ2) is 5.09. The summed E-state index contributed by atoms with van der Waals surface area (Å²) in [6, 6.07) is -0.469. The van der Waals surface area contributed by atoms with Crippen molar-refractivity contribution in [1.29, 1.82) is 0 Å². The molecule has 0 aromatic heterocycles. The van der Waals surface area contributed by atoms with Crippen LogP contribution in [0.3, 0.4) is 0 Å². The normalized spacial score (nSPS) is 15.6. The Morgan fingerprint density at radius 2 is 2.18 bits per heavy atom. The summed E-state index contributed by atoms with van der Waals surface area (Å²) in [5, 5.41) is 11.4. The predicted molar refractivity (Wildman–Crippen MR) is 43.0 cm³/mol. The molecule has 0 radical (unpaired) electrons. The fraction of sp³-hybridized carbons (Fsp3) is 0.857. The molecule has 4 heteroatoms. The van der Waals surface area contributed by atoms with Gasteiger partial charge in [0, 0.05) is 6.54 Å². The summed E-state index contributed by atoms with van der Waals surface area (Å²) in [5.41, 5.74) is 5.28. The molecule has 0 saturated carbocycles. The first kappa shape index (κ1) is 10.4. The number of hydrogen-bond acceptors (Lipinski definition) is 3. The van der Waals surface area contributed by atoms with Crippen LogP contribution in [-0.4, -0.2) is 29.7 Å². The van der Waals surface area contributed by atoms with Crippen LogP contribution in [0.5, 0.6) is 0 Å². The van der Waals surface area contributed by atoms with Gasteiger partial charge in [-0.15, -0.1) is 0 Å². The highest BCUT2D eigenvalue weighted by Crippen LogP contribution is 1.86. The third-order valence-electron chi connectivity index (χ3n) is 1.27. The summed E-state index contributed by atoms with van der Waals surface area (Å²) in [4.78, 5) is 10.8. The molecule has 1 amide bonds. The molecular weight excluding hydrogens is 144 g/mol. The molecule has 0 bridgehead atoms. The number of hydrogen-bond donors (Lipinski definition) is 3. The van der Waals surface area contributed by atoms with E-state index in [1.54, 1.807) is 13.8 Å². The Labute approximate surface area is 66.8 Å². The zero-order chi connectivity index (χ0) is 8.85. The lowest BCUT2D eigenvalue weighted by atomic mass is 10.3. The van der Waals surface area contributed by atoms with Crippen LogP contribution in [0.25, 0.3) is 0 Å². The molecule has 2 atom stereocenters. The molecule has 0 aromatic rings. The van der Waals surface area contributed by atoms with E-state index in [1.165, 1.54) is 0 Å². The van der Waals surface area contributed by atoms with Crippen molar-refractivity contribution < 1.29 is 9.90 Å². The van der Waals surface area contributed by atoms with Crippen LogP contribution in [-0.2, 0) is 4.79 Å². The van der Waals surface area contributed by atoms with Crippen LogP contribution in [0.4, 0.5) is 0 Å². The number of aliphatic hydroxyl groups excluding tert-OH is 1. The van der Waals surface area contributed by atoms with E-state index >= 15 is 0 Å². The van der Waals surface area contributed by atoms with Crippen molar-refractivity contribution in [2.75, 3.05) is 6.54 Å². The minimum absolute atomic E-state index is 0.175. The maximum Gasteiger partial charge on any atom is 0.236 e. The van der Waals surface area contributed by atoms with Crippen molar-refractivity contribution in [3.8, 4) is 0 Å². The van der Waals surface area contributed by atoms with Gasteiger partial charge in [0.05, 0.1) is 12.1 Å². The molecule has 0 spiro atoms. The quantitative estimate of drug-likeness (QED) is 0.505. The topological polar surface area (TPSA) is 75.3 Å². The standard InChI is InChI=1S/C7H16N2O2/c1-5(10)3-4-9-7(11)6(2)8/h5-6,10H,3-4,8H2,1-2H3,(H,9,11)/t5-,6+/m0/s1. The minimum Gasteiger partial charge on any atom is -0.393 e. The van der Waals surface area contributed by atoms with E-state index in [1.807, 2.05) is 0 Å². The molecule has 0 saturated heterocycles. The van der Waals surface area contributed by atoms with Gasteiger partial charge in [-0.25, -0.2) is 0 Å². The smallest absolute Gasteiger partial charge is 0.236 e. The van der Waals surface area contributed by atoms with E-state index in [0.29, 0.717) is 13.0 Å². The van der Waals surface area contributed by atoms with Crippen LogP contribution in [0.1, 0.15) is 20.3 Å². The van der Waals surface area contributed by atoms with Gasteiger partial charge in [-0.2, -0.15) is 0 Å². The minimum atomic E-state index is -0.469. The number of carbonyl (C=O) groups excluding carboxylic acids is 1. The van der Waals surface area contributed by atoms with E-state index in [4.69, 9.17) is 10.8 Å². The highest BCUT2D eigenvalue weighted by Gasteiger charge is 2.05. The summed E-state index contributed by atoms with van der Waals surface area (Å²) >= 11 is 0. The van der Waals surface area contributed by atoms with Crippen molar-refractivity contribution >= 4 is 5.91 Å². The van der Waals surface area contributed by atoms with Gasteiger partial charge < -0.3 is 16.2 Å². The van der Waals surface area contributed by atoms with Crippen LogP contribution in [0.2, 0.25) is 0 Å². The van der Waals surface area contributed by atoms with Gasteiger partial charge in [0.2, 0.25) is 5.91 Å². The van der Waals surface area contributed by atoms with Gasteiger partial charge in [-0.1, -0.05) is 0 Å². The van der Waals surface area contributed by atoms with Crippen LogP contribution in [0.15, 0.2) is 0 Å². The summed E-state index contributed by atoms with van der Waals surface area (Å²) in [6.07, 6.45) is 0.196. The Hall–Kier alpha value is -0.610. The summed E-state index contributed by atoms with van der Waals surface area (Å²) < 4.78 is 0. The lowest BCUT2D eigenvalue weighted by Gasteiger charge is -2.08. The summed E-state index contributed by atoms with van der Waals surface area (Å²) in [5.74, 6) is -0.175. The van der Waals surface area contributed by atoms with Crippen molar-refractivity contribution in [1.82, 2.24) is 5.32 Å². The van der Waals surface area contributed by atoms with Crippen molar-refractivity contribution in [3.63, 3.8) is 0 Å². The van der Waals surface area contributed by atoms with E-state index in [-0.39, 0.29) is 12.0 Å². The lowest BCUT2D eigenvalue weighted by molar-refractivity contribution is -0.122. The summed E-state index contributed by atoms with van der Waals surface area (Å²) in [7, 11) is 0. The molecule has 0 aliphatic rings. The molecule has 4 nitrogen and oxygen atoms in total. The highest BCUT2D eigenvalue weighted by molar-refractivity contribution is 5.80. The lowest BCUT2D eigenvalue weighted by Crippen LogP contribution is -2.39. The molecule has 11 heavy (non-hydrogen) atoms. The SMILES string of the molecule is C[C@H](O)CCNC(=O)[C@@H](C)N. The molecule has 0 aliphatic carbocycles. The maximum absolute atomic E-state index is 10.8. The predicted octanol–water partition coefficient (Wildman–Crippen LogP) is -0.779. The third kappa shape index (κ3) is 5.82. The number of amides is 1. The monoisotopic (exact) mass is 160 g/mol. The number of carbonyl (C=O) groups is 1. The Kier molecular flexibility index (Phi) is 4.81. The van der Waals surface area contributed by atoms with Gasteiger partial charge in [0.25, 0.3) is 0 Å². The van der Waals surface area contributed by atoms with E-state index < -0.39 is 6.04 Å². The first-order chi connectivity index (χ1) is 5.04. The fourth-order valence-electron chi connectivity index (χ4n) is 0.565. The Morgan fingerprint density at radius 1 is 1.64 bits per heavy atom. The van der Waals surface area contributed by atoms with E-state index in [0.717, 1.165) is 0 Å². The maximum atomic E-state index is 10.8. The fourth-order valence-corrected chi connectivity index (χ4v) is 0.565. The van der Waals surface area contributed by atoms with Crippen molar-refractivity contribution in [2.24, 2.45) is 5.73 Å². The van der Waals surface area contributed by atoms with Crippen LogP contribution in [0, 0.1) is 0 Å². The van der Waals surface area contributed by atoms with Crippen molar-refractivity contribution in [2.45, 2.75) is 32.4 Å². The molecule has 0 aromatic carbocycles. The van der Waals surface area contributed by atoms with Gasteiger partial charge in [0.15, 0.2) is 0 Å². The first-order valence-electron chi connectivity index (χ1n) is 3.75. The molecule has 0 fully saturated rings. The van der Waals surface area contributed by atoms with E-state index in [9.17, 15) is 4.79 Å². The number of rotatable bonds is 4. The zero-order valence-corrected chi connectivity index (χ0v) is 7.00.